The molecule has 2 aromatic rings. The molecular weight excluding hydrogens is 425 g/mol. The molecule has 0 radical (unpaired) electrons. The predicted octanol–water partition coefficient (Wildman–Crippen LogP) is 3.06. The van der Waals surface area contributed by atoms with Gasteiger partial charge in [0, 0.05) is 42.0 Å². The number of carbonyl (C=O) groups is 1. The van der Waals surface area contributed by atoms with Crippen molar-refractivity contribution in [2.75, 3.05) is 48.9 Å². The van der Waals surface area contributed by atoms with Gasteiger partial charge in [-0.05, 0) is 31.0 Å². The van der Waals surface area contributed by atoms with Crippen LogP contribution in [0.4, 0.5) is 21.8 Å². The van der Waals surface area contributed by atoms with Crippen LogP contribution in [0.15, 0.2) is 24.3 Å². The third-order valence-corrected chi connectivity index (χ3v) is 5.82. The van der Waals surface area contributed by atoms with Crippen LogP contribution in [0.3, 0.4) is 0 Å². The Hall–Kier alpha value is -2.49. The highest BCUT2D eigenvalue weighted by atomic mass is 35.5. The molecule has 0 saturated carbocycles. The maximum Gasteiger partial charge on any atom is 0.264 e. The number of aromatic nitrogens is 2. The van der Waals surface area contributed by atoms with Crippen molar-refractivity contribution in [1.82, 2.24) is 9.97 Å². The largest absolute Gasteiger partial charge is 0.379 e. The SMILES string of the molecule is Cc1cc(N2CCCOC[C@H]2c2ccc(NC(=O)C3(F)CCOC3)cc2Cl)nc(N)n1. The highest BCUT2D eigenvalue weighted by Gasteiger charge is 2.42. The number of nitrogens with two attached hydrogens (primary N) is 1. The Bertz CT molecular complexity index is 950. The summed E-state index contributed by atoms with van der Waals surface area (Å²) >= 11 is 6.60. The van der Waals surface area contributed by atoms with E-state index >= 15 is 0 Å². The van der Waals surface area contributed by atoms with Crippen LogP contribution in [0.1, 0.15) is 30.1 Å². The molecule has 1 unspecified atom stereocenters. The van der Waals surface area contributed by atoms with Gasteiger partial charge in [0.2, 0.25) is 11.6 Å². The van der Waals surface area contributed by atoms with E-state index in [9.17, 15) is 9.18 Å². The number of ether oxygens (including phenoxy) is 2. The predicted molar refractivity (Wildman–Crippen MR) is 116 cm³/mol. The van der Waals surface area contributed by atoms with Gasteiger partial charge in [0.1, 0.15) is 5.82 Å². The van der Waals surface area contributed by atoms with E-state index in [-0.39, 0.29) is 31.6 Å². The summed E-state index contributed by atoms with van der Waals surface area (Å²) in [5, 5.41) is 3.04. The van der Waals surface area contributed by atoms with Gasteiger partial charge in [0.25, 0.3) is 5.91 Å². The lowest BCUT2D eigenvalue weighted by molar-refractivity contribution is -0.127. The Morgan fingerprint density at radius 1 is 1.32 bits per heavy atom. The number of nitrogens with zero attached hydrogens (tertiary/aromatic N) is 3. The van der Waals surface area contributed by atoms with Crippen molar-refractivity contribution >= 4 is 35.0 Å². The van der Waals surface area contributed by atoms with Crippen molar-refractivity contribution in [2.45, 2.75) is 31.5 Å². The number of rotatable bonds is 4. The summed E-state index contributed by atoms with van der Waals surface area (Å²) in [6, 6.07) is 6.82. The molecular formula is C21H25ClFN5O3. The number of benzene rings is 1. The lowest BCUT2D eigenvalue weighted by Gasteiger charge is -2.31. The molecule has 1 aromatic heterocycles. The summed E-state index contributed by atoms with van der Waals surface area (Å²) < 4.78 is 25.4. The first-order valence-electron chi connectivity index (χ1n) is 10.2. The van der Waals surface area contributed by atoms with Crippen molar-refractivity contribution in [3.63, 3.8) is 0 Å². The van der Waals surface area contributed by atoms with Crippen molar-refractivity contribution < 1.29 is 18.7 Å². The average molecular weight is 450 g/mol. The second-order valence-corrected chi connectivity index (χ2v) is 8.23. The zero-order valence-electron chi connectivity index (χ0n) is 17.2. The van der Waals surface area contributed by atoms with E-state index in [1.165, 1.54) is 0 Å². The second kappa shape index (κ2) is 8.94. The molecule has 2 aliphatic rings. The lowest BCUT2D eigenvalue weighted by Crippen LogP contribution is -2.39. The quantitative estimate of drug-likeness (QED) is 0.739. The van der Waals surface area contributed by atoms with Crippen LogP contribution in [0.5, 0.6) is 0 Å². The molecule has 31 heavy (non-hydrogen) atoms. The molecule has 166 valence electrons. The molecule has 0 spiro atoms. The fourth-order valence-electron chi connectivity index (χ4n) is 3.87. The van der Waals surface area contributed by atoms with Gasteiger partial charge in [0.15, 0.2) is 0 Å². The van der Waals surface area contributed by atoms with E-state index in [1.54, 1.807) is 12.1 Å². The average Bonchev–Trinajstić information content (AvgIpc) is 3.02. The van der Waals surface area contributed by atoms with Gasteiger partial charge in [0.05, 0.1) is 25.9 Å². The summed E-state index contributed by atoms with van der Waals surface area (Å²) in [5.41, 5.74) is 5.86. The molecule has 8 nitrogen and oxygen atoms in total. The van der Waals surface area contributed by atoms with Gasteiger partial charge in [-0.2, -0.15) is 4.98 Å². The van der Waals surface area contributed by atoms with E-state index in [4.69, 9.17) is 26.8 Å². The molecule has 3 heterocycles. The number of nitrogens with one attached hydrogen (secondary N) is 1. The molecule has 0 bridgehead atoms. The monoisotopic (exact) mass is 449 g/mol. The number of alkyl halides is 1. The normalized spacial score (nSPS) is 24.1. The Morgan fingerprint density at radius 3 is 2.87 bits per heavy atom. The zero-order valence-corrected chi connectivity index (χ0v) is 18.0. The third-order valence-electron chi connectivity index (χ3n) is 5.49. The Balaban J connectivity index is 1.59. The van der Waals surface area contributed by atoms with E-state index < -0.39 is 11.6 Å². The van der Waals surface area contributed by atoms with Crippen LogP contribution in [0.2, 0.25) is 5.02 Å². The summed E-state index contributed by atoms with van der Waals surface area (Å²) in [7, 11) is 0. The number of amides is 1. The minimum atomic E-state index is -2.01. The summed E-state index contributed by atoms with van der Waals surface area (Å²) in [4.78, 5) is 23.0. The zero-order chi connectivity index (χ0) is 22.0. The van der Waals surface area contributed by atoms with Gasteiger partial charge in [-0.25, -0.2) is 9.37 Å². The Labute approximate surface area is 184 Å². The molecule has 10 heteroatoms. The lowest BCUT2D eigenvalue weighted by atomic mass is 10.0. The maximum atomic E-state index is 14.6. The molecule has 2 fully saturated rings. The Morgan fingerprint density at radius 2 is 2.16 bits per heavy atom. The number of aryl methyl sites for hydroxylation is 1. The van der Waals surface area contributed by atoms with E-state index in [1.807, 2.05) is 19.1 Å². The molecule has 2 saturated heterocycles. The third kappa shape index (κ3) is 4.73. The summed E-state index contributed by atoms with van der Waals surface area (Å²) in [5.74, 6) is 0.189. The molecule has 1 amide bonds. The molecule has 0 aliphatic carbocycles. The van der Waals surface area contributed by atoms with Crippen LogP contribution in [0.25, 0.3) is 0 Å². The molecule has 2 aliphatic heterocycles. The number of halogens is 2. The van der Waals surface area contributed by atoms with E-state index in [0.29, 0.717) is 36.3 Å². The number of nitrogen functional groups attached to an aromatic ring is 1. The first kappa shape index (κ1) is 21.7. The van der Waals surface area contributed by atoms with Gasteiger partial charge in [-0.3, -0.25) is 4.79 Å². The summed E-state index contributed by atoms with van der Waals surface area (Å²) in [6.07, 6.45) is 0.867. The van der Waals surface area contributed by atoms with Crippen molar-refractivity contribution in [1.29, 1.82) is 0 Å². The second-order valence-electron chi connectivity index (χ2n) is 7.82. The van der Waals surface area contributed by atoms with Crippen LogP contribution in [-0.2, 0) is 14.3 Å². The number of hydrogen-bond acceptors (Lipinski definition) is 7. The number of hydrogen-bond donors (Lipinski definition) is 2. The smallest absolute Gasteiger partial charge is 0.264 e. The van der Waals surface area contributed by atoms with Crippen molar-refractivity contribution in [2.24, 2.45) is 0 Å². The van der Waals surface area contributed by atoms with Crippen molar-refractivity contribution in [3.05, 3.63) is 40.5 Å². The maximum absolute atomic E-state index is 14.6. The first-order valence-corrected chi connectivity index (χ1v) is 10.6. The van der Waals surface area contributed by atoms with Gasteiger partial charge in [-0.1, -0.05) is 17.7 Å². The standard InChI is InChI=1S/C21H25ClFN5O3/c1-13-9-18(27-20(24)25-13)28-6-2-7-30-11-17(28)15-4-3-14(10-16(15)22)26-19(29)21(23)5-8-31-12-21/h3-4,9-10,17H,2,5-8,11-12H2,1H3,(H,26,29)(H2,24,25,27)/t17-,21?/m0/s1. The number of carbonyl (C=O) groups excluding carboxylic acids is 1. The van der Waals surface area contributed by atoms with E-state index in [2.05, 4.69) is 20.2 Å². The highest BCUT2D eigenvalue weighted by molar-refractivity contribution is 6.31. The topological polar surface area (TPSA) is 103 Å². The number of anilines is 3. The van der Waals surface area contributed by atoms with Crippen LogP contribution in [-0.4, -0.2) is 54.5 Å². The fraction of sp³-hybridized carbons (Fsp3) is 0.476. The van der Waals surface area contributed by atoms with Crippen molar-refractivity contribution in [3.8, 4) is 0 Å². The molecule has 4 rings (SSSR count). The van der Waals surface area contributed by atoms with Gasteiger partial charge in [-0.15, -0.1) is 0 Å². The van der Waals surface area contributed by atoms with E-state index in [0.717, 1.165) is 17.7 Å². The van der Waals surface area contributed by atoms with Gasteiger partial charge >= 0.3 is 0 Å². The highest BCUT2D eigenvalue weighted by Crippen LogP contribution is 2.35. The minimum Gasteiger partial charge on any atom is -0.379 e. The fourth-order valence-corrected chi connectivity index (χ4v) is 4.18. The van der Waals surface area contributed by atoms with Crippen LogP contribution in [0, 0.1) is 6.92 Å². The Kier molecular flexibility index (Phi) is 6.27. The molecule has 3 N–H and O–H groups in total. The summed E-state index contributed by atoms with van der Waals surface area (Å²) in [6.45, 7) is 3.61. The van der Waals surface area contributed by atoms with Gasteiger partial charge < -0.3 is 25.4 Å². The van der Waals surface area contributed by atoms with Crippen LogP contribution < -0.4 is 16.0 Å². The van der Waals surface area contributed by atoms with Crippen LogP contribution >= 0.6 is 11.6 Å². The molecule has 1 aromatic carbocycles. The minimum absolute atomic E-state index is 0.0422. The first-order chi connectivity index (χ1) is 14.9. The molecule has 2 atom stereocenters.